The lowest BCUT2D eigenvalue weighted by atomic mass is 10.4. The maximum Gasteiger partial charge on any atom is 0.237 e. The Morgan fingerprint density at radius 3 is 3.15 bits per heavy atom. The molecule has 0 radical (unpaired) electrons. The third kappa shape index (κ3) is 2.78. The van der Waals surface area contributed by atoms with E-state index in [0.29, 0.717) is 19.0 Å². The van der Waals surface area contributed by atoms with Gasteiger partial charge in [0.15, 0.2) is 4.96 Å². The van der Waals surface area contributed by atoms with Crippen molar-refractivity contribution in [3.63, 3.8) is 0 Å². The molecule has 1 fully saturated rings. The van der Waals surface area contributed by atoms with Gasteiger partial charge in [-0.1, -0.05) is 0 Å². The number of ether oxygens (including phenoxy) is 1. The summed E-state index contributed by atoms with van der Waals surface area (Å²) in [5.74, 6) is 1.12. The van der Waals surface area contributed by atoms with Gasteiger partial charge in [0, 0.05) is 37.1 Å². The van der Waals surface area contributed by atoms with Gasteiger partial charge in [-0.15, -0.1) is 11.3 Å². The SMILES string of the molecule is COc1nc2sccn2c1CNCCNC(=O)C1CC1. The van der Waals surface area contributed by atoms with E-state index in [2.05, 4.69) is 15.6 Å². The highest BCUT2D eigenvalue weighted by Crippen LogP contribution is 2.28. The van der Waals surface area contributed by atoms with Crippen LogP contribution < -0.4 is 15.4 Å². The largest absolute Gasteiger partial charge is 0.480 e. The van der Waals surface area contributed by atoms with E-state index < -0.39 is 0 Å². The molecule has 0 aromatic carbocycles. The minimum Gasteiger partial charge on any atom is -0.480 e. The van der Waals surface area contributed by atoms with E-state index in [1.807, 2.05) is 16.0 Å². The second kappa shape index (κ2) is 5.80. The van der Waals surface area contributed by atoms with E-state index >= 15 is 0 Å². The Labute approximate surface area is 121 Å². The van der Waals surface area contributed by atoms with Crippen LogP contribution in [0.4, 0.5) is 0 Å². The number of nitrogens with zero attached hydrogens (tertiary/aromatic N) is 2. The third-order valence-corrected chi connectivity index (χ3v) is 4.12. The number of carbonyl (C=O) groups is 1. The van der Waals surface area contributed by atoms with Gasteiger partial charge in [-0.3, -0.25) is 9.20 Å². The van der Waals surface area contributed by atoms with Crippen LogP contribution in [0, 0.1) is 5.92 Å². The maximum absolute atomic E-state index is 11.5. The number of imidazole rings is 1. The van der Waals surface area contributed by atoms with Crippen molar-refractivity contribution in [2.75, 3.05) is 20.2 Å². The molecule has 0 unspecified atom stereocenters. The van der Waals surface area contributed by atoms with Crippen molar-refractivity contribution >= 4 is 22.2 Å². The highest BCUT2D eigenvalue weighted by molar-refractivity contribution is 7.15. The van der Waals surface area contributed by atoms with Crippen LogP contribution in [0.25, 0.3) is 4.96 Å². The van der Waals surface area contributed by atoms with Crippen molar-refractivity contribution in [1.29, 1.82) is 0 Å². The number of nitrogens with one attached hydrogen (secondary N) is 2. The number of fused-ring (bicyclic) bond motifs is 1. The second-order valence-electron chi connectivity index (χ2n) is 4.87. The zero-order valence-electron chi connectivity index (χ0n) is 11.4. The molecule has 20 heavy (non-hydrogen) atoms. The first-order valence-corrected chi connectivity index (χ1v) is 7.64. The number of methoxy groups -OCH3 is 1. The summed E-state index contributed by atoms with van der Waals surface area (Å²) in [6.07, 6.45) is 4.08. The molecule has 108 valence electrons. The Morgan fingerprint density at radius 2 is 2.40 bits per heavy atom. The van der Waals surface area contributed by atoms with Crippen LogP contribution in [-0.2, 0) is 11.3 Å². The lowest BCUT2D eigenvalue weighted by molar-refractivity contribution is -0.122. The van der Waals surface area contributed by atoms with Gasteiger partial charge < -0.3 is 15.4 Å². The summed E-state index contributed by atoms with van der Waals surface area (Å²) in [4.78, 5) is 16.8. The molecule has 1 amide bonds. The Bertz CT molecular complexity index is 603. The van der Waals surface area contributed by atoms with Gasteiger partial charge in [0.1, 0.15) is 5.69 Å². The van der Waals surface area contributed by atoms with Gasteiger partial charge in [-0.25, -0.2) is 0 Å². The van der Waals surface area contributed by atoms with Crippen LogP contribution in [0.1, 0.15) is 18.5 Å². The minimum atomic E-state index is 0.189. The first-order valence-electron chi connectivity index (χ1n) is 6.76. The van der Waals surface area contributed by atoms with Crippen molar-refractivity contribution in [3.8, 4) is 5.88 Å². The van der Waals surface area contributed by atoms with Crippen molar-refractivity contribution in [1.82, 2.24) is 20.0 Å². The number of hydrogen-bond acceptors (Lipinski definition) is 5. The van der Waals surface area contributed by atoms with Crippen LogP contribution in [0.3, 0.4) is 0 Å². The fourth-order valence-corrected chi connectivity index (χ4v) is 2.83. The first-order chi connectivity index (χ1) is 9.79. The molecular weight excluding hydrogens is 276 g/mol. The molecule has 2 aromatic heterocycles. The molecule has 1 saturated carbocycles. The van der Waals surface area contributed by atoms with Crippen molar-refractivity contribution in [3.05, 3.63) is 17.3 Å². The summed E-state index contributed by atoms with van der Waals surface area (Å²) in [5, 5.41) is 8.24. The summed E-state index contributed by atoms with van der Waals surface area (Å²) in [7, 11) is 1.63. The fourth-order valence-electron chi connectivity index (χ4n) is 2.11. The highest BCUT2D eigenvalue weighted by atomic mass is 32.1. The minimum absolute atomic E-state index is 0.189. The van der Waals surface area contributed by atoms with E-state index in [9.17, 15) is 4.79 Å². The summed E-state index contributed by atoms with van der Waals surface area (Å²) in [5.41, 5.74) is 1.01. The van der Waals surface area contributed by atoms with Crippen molar-refractivity contribution in [2.45, 2.75) is 19.4 Å². The normalized spacial score (nSPS) is 14.7. The monoisotopic (exact) mass is 294 g/mol. The van der Waals surface area contributed by atoms with Crippen LogP contribution in [-0.4, -0.2) is 35.5 Å². The predicted octanol–water partition coefficient (Wildman–Crippen LogP) is 1.02. The molecule has 6 nitrogen and oxygen atoms in total. The molecule has 7 heteroatoms. The number of thiazole rings is 1. The average molecular weight is 294 g/mol. The smallest absolute Gasteiger partial charge is 0.237 e. The third-order valence-electron chi connectivity index (χ3n) is 3.36. The number of aromatic nitrogens is 2. The van der Waals surface area contributed by atoms with E-state index in [4.69, 9.17) is 4.74 Å². The standard InChI is InChI=1S/C13H18N4O2S/c1-19-12-10(17-6-7-20-13(17)16-12)8-14-4-5-15-11(18)9-2-3-9/h6-7,9,14H,2-5,8H2,1H3,(H,15,18). The summed E-state index contributed by atoms with van der Waals surface area (Å²) >= 11 is 1.58. The molecule has 0 spiro atoms. The lowest BCUT2D eigenvalue weighted by Crippen LogP contribution is -2.32. The maximum atomic E-state index is 11.5. The zero-order valence-corrected chi connectivity index (χ0v) is 12.2. The number of carbonyl (C=O) groups excluding carboxylic acids is 1. The van der Waals surface area contributed by atoms with Crippen molar-refractivity contribution in [2.24, 2.45) is 5.92 Å². The fraction of sp³-hybridized carbons (Fsp3) is 0.538. The van der Waals surface area contributed by atoms with Crippen LogP contribution in [0.5, 0.6) is 5.88 Å². The van der Waals surface area contributed by atoms with Gasteiger partial charge in [0.25, 0.3) is 0 Å². The Kier molecular flexibility index (Phi) is 3.88. The molecule has 0 aliphatic heterocycles. The topological polar surface area (TPSA) is 67.7 Å². The number of rotatable bonds is 7. The average Bonchev–Trinajstić information content (AvgIpc) is 3.11. The summed E-state index contributed by atoms with van der Waals surface area (Å²) in [6, 6.07) is 0. The molecule has 3 rings (SSSR count). The summed E-state index contributed by atoms with van der Waals surface area (Å²) < 4.78 is 7.32. The van der Waals surface area contributed by atoms with Crippen LogP contribution in [0.2, 0.25) is 0 Å². The van der Waals surface area contributed by atoms with Gasteiger partial charge in [0.05, 0.1) is 7.11 Å². The van der Waals surface area contributed by atoms with E-state index in [1.165, 1.54) is 0 Å². The molecule has 1 aliphatic carbocycles. The Balaban J connectivity index is 1.49. The molecular formula is C13H18N4O2S. The first kappa shape index (κ1) is 13.4. The van der Waals surface area contributed by atoms with Gasteiger partial charge >= 0.3 is 0 Å². The Morgan fingerprint density at radius 1 is 1.55 bits per heavy atom. The molecule has 2 aromatic rings. The Hall–Kier alpha value is -1.60. The summed E-state index contributed by atoms with van der Waals surface area (Å²) in [6.45, 7) is 2.06. The van der Waals surface area contributed by atoms with Crippen LogP contribution >= 0.6 is 11.3 Å². The van der Waals surface area contributed by atoms with E-state index in [0.717, 1.165) is 30.0 Å². The van der Waals surface area contributed by atoms with Gasteiger partial charge in [-0.05, 0) is 12.8 Å². The predicted molar refractivity (Wildman–Crippen MR) is 77.1 cm³/mol. The van der Waals surface area contributed by atoms with Gasteiger partial charge in [-0.2, -0.15) is 4.98 Å². The molecule has 0 saturated heterocycles. The molecule has 1 aliphatic rings. The molecule has 2 heterocycles. The molecule has 0 atom stereocenters. The lowest BCUT2D eigenvalue weighted by Gasteiger charge is -2.07. The van der Waals surface area contributed by atoms with Crippen LogP contribution in [0.15, 0.2) is 11.6 Å². The van der Waals surface area contributed by atoms with E-state index in [1.54, 1.807) is 18.4 Å². The zero-order chi connectivity index (χ0) is 13.9. The number of amides is 1. The number of hydrogen-bond donors (Lipinski definition) is 2. The second-order valence-corrected chi connectivity index (χ2v) is 5.74. The van der Waals surface area contributed by atoms with Crippen molar-refractivity contribution < 1.29 is 9.53 Å². The van der Waals surface area contributed by atoms with Gasteiger partial charge in [0.2, 0.25) is 11.8 Å². The molecule has 2 N–H and O–H groups in total. The molecule has 0 bridgehead atoms. The highest BCUT2D eigenvalue weighted by Gasteiger charge is 2.28. The quantitative estimate of drug-likeness (QED) is 0.748. The van der Waals surface area contributed by atoms with E-state index in [-0.39, 0.29) is 11.8 Å².